The van der Waals surface area contributed by atoms with Crippen LogP contribution in [0.2, 0.25) is 0 Å². The van der Waals surface area contributed by atoms with Crippen LogP contribution < -0.4 is 9.64 Å². The Labute approximate surface area is 168 Å². The van der Waals surface area contributed by atoms with Crippen LogP contribution in [0.4, 0.5) is 32.4 Å². The van der Waals surface area contributed by atoms with E-state index in [4.69, 9.17) is 4.74 Å². The monoisotopic (exact) mass is 428 g/mol. The van der Waals surface area contributed by atoms with Crippen molar-refractivity contribution < 1.29 is 36.2 Å². The van der Waals surface area contributed by atoms with Crippen LogP contribution in [0.5, 0.6) is 5.75 Å². The van der Waals surface area contributed by atoms with Gasteiger partial charge in [0.2, 0.25) is 0 Å². The van der Waals surface area contributed by atoms with Crippen molar-refractivity contribution in [3.05, 3.63) is 59.7 Å². The highest BCUT2D eigenvalue weighted by Gasteiger charge is 2.56. The topological polar surface area (TPSA) is 45.3 Å². The molecule has 0 saturated carbocycles. The van der Waals surface area contributed by atoms with Gasteiger partial charge in [-0.15, -0.1) is 13.2 Å². The van der Waals surface area contributed by atoms with Gasteiger partial charge in [-0.05, 0) is 37.3 Å². The molecular formula is C20H17F5N2O3. The number of rotatable bonds is 5. The van der Waals surface area contributed by atoms with E-state index < -0.39 is 29.6 Å². The van der Waals surface area contributed by atoms with E-state index in [0.717, 1.165) is 24.3 Å². The number of carbonyl (C=O) groups is 1. The lowest BCUT2D eigenvalue weighted by molar-refractivity contribution is -0.274. The molecule has 2 aromatic carbocycles. The van der Waals surface area contributed by atoms with Gasteiger partial charge in [0.25, 0.3) is 0 Å². The number of alkyl halides is 3. The third-order valence-electron chi connectivity index (χ3n) is 5.41. The summed E-state index contributed by atoms with van der Waals surface area (Å²) in [5, 5.41) is 0. The quantitative estimate of drug-likeness (QED) is 0.523. The first kappa shape index (κ1) is 20.4. The van der Waals surface area contributed by atoms with Gasteiger partial charge in [-0.1, -0.05) is 6.07 Å². The number of nitrogens with zero attached hydrogens (tertiary/aromatic N) is 2. The fraction of sp³-hybridized carbons (Fsp3) is 0.350. The Bertz CT molecular complexity index is 960. The third-order valence-corrected chi connectivity index (χ3v) is 5.41. The van der Waals surface area contributed by atoms with Crippen LogP contribution in [0.15, 0.2) is 42.5 Å². The highest BCUT2D eigenvalue weighted by atomic mass is 19.4. The van der Waals surface area contributed by atoms with Gasteiger partial charge in [-0.2, -0.15) is 0 Å². The number of epoxide rings is 1. The minimum absolute atomic E-state index is 0.177. The third kappa shape index (κ3) is 3.67. The first-order valence-corrected chi connectivity index (χ1v) is 9.14. The smallest absolute Gasteiger partial charge is 0.406 e. The van der Waals surface area contributed by atoms with Crippen LogP contribution >= 0.6 is 0 Å². The second-order valence-corrected chi connectivity index (χ2v) is 7.15. The molecule has 10 heteroatoms. The van der Waals surface area contributed by atoms with Crippen molar-refractivity contribution in [1.82, 2.24) is 4.90 Å². The first-order valence-electron chi connectivity index (χ1n) is 9.14. The molecule has 2 amide bonds. The summed E-state index contributed by atoms with van der Waals surface area (Å²) >= 11 is 0. The van der Waals surface area contributed by atoms with Gasteiger partial charge >= 0.3 is 12.4 Å². The van der Waals surface area contributed by atoms with Crippen molar-refractivity contribution in [1.29, 1.82) is 0 Å². The maximum absolute atomic E-state index is 14.3. The minimum Gasteiger partial charge on any atom is -0.406 e. The van der Waals surface area contributed by atoms with E-state index in [1.54, 1.807) is 6.92 Å². The summed E-state index contributed by atoms with van der Waals surface area (Å²) in [7, 11) is 0. The Morgan fingerprint density at radius 1 is 1.10 bits per heavy atom. The van der Waals surface area contributed by atoms with E-state index in [1.807, 2.05) is 0 Å². The number of anilines is 1. The molecule has 0 aromatic heterocycles. The summed E-state index contributed by atoms with van der Waals surface area (Å²) in [6.07, 6.45) is -4.80. The van der Waals surface area contributed by atoms with E-state index in [2.05, 4.69) is 4.74 Å². The average Bonchev–Trinajstić information content (AvgIpc) is 3.37. The zero-order valence-corrected chi connectivity index (χ0v) is 15.7. The standard InChI is InChI=1S/C20H17F5N2O3/c1-12(19(11-29-19)16-7-2-13(21)10-17(16)22)26-8-9-27(18(26)28)14-3-5-15(6-4-14)30-20(23,24)25/h2-7,10,12H,8-9,11H2,1H3/t12-,19+/m1/s1. The van der Waals surface area contributed by atoms with Gasteiger partial charge in [0.1, 0.15) is 23.0 Å². The SMILES string of the molecule is C[C@@H](N1CCN(c2ccc(OC(F)(F)F)cc2)C1=O)[C@]1(c2ccc(F)cc2F)CO1. The number of halogens is 5. The van der Waals surface area contributed by atoms with Crippen LogP contribution in [0.3, 0.4) is 0 Å². The van der Waals surface area contributed by atoms with Crippen molar-refractivity contribution in [3.63, 3.8) is 0 Å². The summed E-state index contributed by atoms with van der Waals surface area (Å²) in [5.74, 6) is -1.84. The zero-order chi connectivity index (χ0) is 21.7. The predicted molar refractivity (Wildman–Crippen MR) is 96.0 cm³/mol. The van der Waals surface area contributed by atoms with E-state index in [-0.39, 0.29) is 24.0 Å². The van der Waals surface area contributed by atoms with Gasteiger partial charge in [-0.3, -0.25) is 4.90 Å². The highest BCUT2D eigenvalue weighted by molar-refractivity contribution is 5.94. The first-order chi connectivity index (χ1) is 14.1. The molecule has 0 N–H and O–H groups in total. The summed E-state index contributed by atoms with van der Waals surface area (Å²) in [5.41, 5.74) is -0.479. The Hall–Kier alpha value is -2.88. The molecule has 5 nitrogen and oxygen atoms in total. The molecule has 0 radical (unpaired) electrons. The molecule has 160 valence electrons. The average molecular weight is 428 g/mol. The van der Waals surface area contributed by atoms with Crippen molar-refractivity contribution in [2.75, 3.05) is 24.6 Å². The molecule has 0 aliphatic carbocycles. The molecule has 2 heterocycles. The minimum atomic E-state index is -4.80. The second kappa shape index (κ2) is 7.12. The number of urea groups is 1. The van der Waals surface area contributed by atoms with E-state index in [9.17, 15) is 26.7 Å². The molecule has 0 bridgehead atoms. The summed E-state index contributed by atoms with van der Waals surface area (Å²) in [6.45, 7) is 2.51. The maximum atomic E-state index is 14.3. The van der Waals surface area contributed by atoms with Crippen molar-refractivity contribution >= 4 is 11.7 Å². The second-order valence-electron chi connectivity index (χ2n) is 7.15. The predicted octanol–water partition coefficient (Wildman–Crippen LogP) is 4.42. The van der Waals surface area contributed by atoms with Crippen molar-refractivity contribution in [2.45, 2.75) is 24.9 Å². The number of carbonyl (C=O) groups excluding carboxylic acids is 1. The van der Waals surface area contributed by atoms with Crippen LogP contribution in [-0.4, -0.2) is 43.0 Å². The summed E-state index contributed by atoms with van der Waals surface area (Å²) in [6, 6.07) is 7.26. The largest absolute Gasteiger partial charge is 0.573 e. The Kier molecular flexibility index (Phi) is 4.84. The lowest BCUT2D eigenvalue weighted by Crippen LogP contribution is -2.45. The van der Waals surface area contributed by atoms with Crippen LogP contribution in [-0.2, 0) is 10.3 Å². The molecule has 2 atom stereocenters. The molecule has 2 aliphatic heterocycles. The fourth-order valence-electron chi connectivity index (χ4n) is 3.76. The van der Waals surface area contributed by atoms with Crippen molar-refractivity contribution in [2.24, 2.45) is 0 Å². The number of amides is 2. The Balaban J connectivity index is 1.50. The number of hydrogen-bond donors (Lipinski definition) is 0. The normalized spacial score (nSPS) is 22.4. The molecule has 30 heavy (non-hydrogen) atoms. The van der Waals surface area contributed by atoms with E-state index >= 15 is 0 Å². The Morgan fingerprint density at radius 2 is 1.77 bits per heavy atom. The zero-order valence-electron chi connectivity index (χ0n) is 15.7. The molecule has 2 fully saturated rings. The van der Waals surface area contributed by atoms with E-state index in [1.165, 1.54) is 28.0 Å². The van der Waals surface area contributed by atoms with Gasteiger partial charge in [0.15, 0.2) is 0 Å². The van der Waals surface area contributed by atoms with Gasteiger partial charge < -0.3 is 14.4 Å². The maximum Gasteiger partial charge on any atom is 0.573 e. The number of ether oxygens (including phenoxy) is 2. The lowest BCUT2D eigenvalue weighted by Gasteiger charge is -2.30. The summed E-state index contributed by atoms with van der Waals surface area (Å²) in [4.78, 5) is 15.9. The summed E-state index contributed by atoms with van der Waals surface area (Å²) < 4.78 is 73.8. The van der Waals surface area contributed by atoms with E-state index in [0.29, 0.717) is 18.8 Å². The number of hydrogen-bond acceptors (Lipinski definition) is 3. The molecular weight excluding hydrogens is 411 g/mol. The molecule has 2 aliphatic rings. The fourth-order valence-corrected chi connectivity index (χ4v) is 3.76. The molecule has 2 aromatic rings. The van der Waals surface area contributed by atoms with Gasteiger partial charge in [0, 0.05) is 30.4 Å². The molecule has 0 spiro atoms. The number of benzene rings is 2. The van der Waals surface area contributed by atoms with Crippen molar-refractivity contribution in [3.8, 4) is 5.75 Å². The van der Waals surface area contributed by atoms with Crippen LogP contribution in [0.25, 0.3) is 0 Å². The molecule has 0 unspecified atom stereocenters. The molecule has 2 saturated heterocycles. The Morgan fingerprint density at radius 3 is 2.33 bits per heavy atom. The van der Waals surface area contributed by atoms with Gasteiger partial charge in [-0.25, -0.2) is 13.6 Å². The molecule has 4 rings (SSSR count). The van der Waals surface area contributed by atoms with Crippen LogP contribution in [0.1, 0.15) is 12.5 Å². The van der Waals surface area contributed by atoms with Crippen LogP contribution in [0, 0.1) is 11.6 Å². The van der Waals surface area contributed by atoms with Gasteiger partial charge in [0.05, 0.1) is 12.6 Å². The lowest BCUT2D eigenvalue weighted by atomic mass is 9.91. The highest BCUT2D eigenvalue weighted by Crippen LogP contribution is 2.46.